The first-order chi connectivity index (χ1) is 16.3. The van der Waals surface area contributed by atoms with Gasteiger partial charge in [-0.25, -0.2) is 0 Å². The van der Waals surface area contributed by atoms with Crippen molar-refractivity contribution in [3.8, 4) is 0 Å². The molecule has 0 spiro atoms. The number of aromatic nitrogens is 3. The summed E-state index contributed by atoms with van der Waals surface area (Å²) in [5.74, 6) is 0.918. The van der Waals surface area contributed by atoms with Crippen LogP contribution in [0.15, 0.2) is 90.1 Å². The molecule has 1 saturated heterocycles. The summed E-state index contributed by atoms with van der Waals surface area (Å²) in [6.07, 6.45) is 0. The van der Waals surface area contributed by atoms with E-state index in [1.807, 2.05) is 0 Å². The van der Waals surface area contributed by atoms with Crippen LogP contribution in [0.5, 0.6) is 0 Å². The van der Waals surface area contributed by atoms with E-state index in [1.165, 1.54) is 22.3 Å². The lowest BCUT2D eigenvalue weighted by atomic mass is 10.0. The molecule has 0 amide bonds. The Morgan fingerprint density at radius 2 is 1.52 bits per heavy atom. The van der Waals surface area contributed by atoms with Crippen LogP contribution in [0.2, 0.25) is 0 Å². The Morgan fingerprint density at radius 3 is 2.24 bits per heavy atom. The third-order valence-electron chi connectivity index (χ3n) is 5.97. The molecule has 4 aromatic rings. The van der Waals surface area contributed by atoms with E-state index in [4.69, 9.17) is 9.84 Å². The van der Waals surface area contributed by atoms with Crippen molar-refractivity contribution < 1.29 is 4.74 Å². The van der Waals surface area contributed by atoms with E-state index in [0.717, 1.165) is 44.0 Å². The molecule has 168 valence electrons. The third-order valence-corrected chi connectivity index (χ3v) is 7.25. The molecule has 1 unspecified atom stereocenters. The lowest BCUT2D eigenvalue weighted by molar-refractivity contribution is 0.121. The average molecular weight is 457 g/mol. The molecule has 0 N–H and O–H groups in total. The van der Waals surface area contributed by atoms with Crippen molar-refractivity contribution in [2.45, 2.75) is 23.9 Å². The summed E-state index contributed by atoms with van der Waals surface area (Å²) >= 11 is 1.77. The van der Waals surface area contributed by atoms with Gasteiger partial charge < -0.3 is 9.64 Å². The molecule has 5 rings (SSSR count). The number of benzene rings is 3. The fourth-order valence-corrected chi connectivity index (χ4v) is 5.45. The molecule has 2 heterocycles. The number of hydrogen-bond acceptors (Lipinski definition) is 5. The maximum Gasteiger partial charge on any atom is 0.228 e. The van der Waals surface area contributed by atoms with E-state index in [9.17, 15) is 0 Å². The van der Waals surface area contributed by atoms with Crippen LogP contribution in [0.1, 0.15) is 27.5 Å². The molecular weight excluding hydrogens is 428 g/mol. The van der Waals surface area contributed by atoms with Crippen LogP contribution < -0.4 is 4.90 Å². The molecule has 33 heavy (non-hydrogen) atoms. The van der Waals surface area contributed by atoms with Gasteiger partial charge in [-0.15, -0.1) is 10.2 Å². The van der Waals surface area contributed by atoms with Crippen molar-refractivity contribution in [3.05, 3.63) is 107 Å². The van der Waals surface area contributed by atoms with Crippen molar-refractivity contribution in [1.29, 1.82) is 0 Å². The highest BCUT2D eigenvalue weighted by atomic mass is 32.2. The van der Waals surface area contributed by atoms with E-state index in [1.54, 1.807) is 11.8 Å². The molecule has 1 fully saturated rings. The third kappa shape index (κ3) is 4.97. The highest BCUT2D eigenvalue weighted by Gasteiger charge is 2.25. The van der Waals surface area contributed by atoms with Gasteiger partial charge in [0.15, 0.2) is 5.16 Å². The summed E-state index contributed by atoms with van der Waals surface area (Å²) in [5, 5.41) is 10.4. The summed E-state index contributed by atoms with van der Waals surface area (Å²) < 4.78 is 7.84. The molecule has 1 aliphatic heterocycles. The summed E-state index contributed by atoms with van der Waals surface area (Å²) in [6.45, 7) is 6.01. The Morgan fingerprint density at radius 1 is 0.848 bits per heavy atom. The molecule has 5 nitrogen and oxygen atoms in total. The molecule has 0 saturated carbocycles. The molecule has 0 aliphatic carbocycles. The molecule has 1 aliphatic rings. The maximum atomic E-state index is 5.58. The summed E-state index contributed by atoms with van der Waals surface area (Å²) in [7, 11) is 0. The summed E-state index contributed by atoms with van der Waals surface area (Å²) in [4.78, 5) is 2.29. The van der Waals surface area contributed by atoms with Gasteiger partial charge >= 0.3 is 0 Å². The highest BCUT2D eigenvalue weighted by molar-refractivity contribution is 7.99. The van der Waals surface area contributed by atoms with Crippen molar-refractivity contribution in [1.82, 2.24) is 14.8 Å². The fraction of sp³-hybridized carbons (Fsp3) is 0.259. The minimum atomic E-state index is 0.128. The molecule has 1 aromatic heterocycles. The second-order valence-electron chi connectivity index (χ2n) is 8.22. The van der Waals surface area contributed by atoms with Gasteiger partial charge in [-0.2, -0.15) is 0 Å². The number of morpholine rings is 1. The molecule has 1 atom stereocenters. The van der Waals surface area contributed by atoms with Crippen LogP contribution >= 0.6 is 11.8 Å². The Kier molecular flexibility index (Phi) is 6.74. The zero-order valence-corrected chi connectivity index (χ0v) is 19.6. The smallest absolute Gasteiger partial charge is 0.228 e. The second-order valence-corrected chi connectivity index (χ2v) is 9.29. The highest BCUT2D eigenvalue weighted by Crippen LogP contribution is 2.42. The lowest BCUT2D eigenvalue weighted by Crippen LogP contribution is -2.38. The zero-order valence-electron chi connectivity index (χ0n) is 18.8. The Bertz CT molecular complexity index is 1170. The molecule has 6 heteroatoms. The number of thioether (sulfide) groups is 1. The van der Waals surface area contributed by atoms with Crippen LogP contribution in [0.3, 0.4) is 0 Å². The number of anilines is 1. The van der Waals surface area contributed by atoms with Crippen LogP contribution in [-0.4, -0.2) is 41.1 Å². The van der Waals surface area contributed by atoms with Crippen molar-refractivity contribution in [2.75, 3.05) is 31.2 Å². The van der Waals surface area contributed by atoms with Gasteiger partial charge in [0.25, 0.3) is 0 Å². The Labute approximate surface area is 199 Å². The van der Waals surface area contributed by atoms with Crippen molar-refractivity contribution in [2.24, 2.45) is 0 Å². The normalized spacial score (nSPS) is 14.9. The number of aryl methyl sites for hydroxylation is 1. The van der Waals surface area contributed by atoms with Gasteiger partial charge in [-0.3, -0.25) is 4.57 Å². The van der Waals surface area contributed by atoms with Crippen LogP contribution in [0.4, 0.5) is 5.95 Å². The summed E-state index contributed by atoms with van der Waals surface area (Å²) in [6, 6.07) is 29.8. The second kappa shape index (κ2) is 10.2. The molecule has 0 radical (unpaired) electrons. The van der Waals surface area contributed by atoms with Gasteiger partial charge in [-0.1, -0.05) is 96.7 Å². The Hall–Kier alpha value is -3.09. The topological polar surface area (TPSA) is 43.2 Å². The number of rotatable bonds is 7. The van der Waals surface area contributed by atoms with E-state index in [2.05, 4.69) is 106 Å². The quantitative estimate of drug-likeness (QED) is 0.351. The van der Waals surface area contributed by atoms with Crippen molar-refractivity contribution >= 4 is 17.7 Å². The zero-order chi connectivity index (χ0) is 22.5. The van der Waals surface area contributed by atoms with Gasteiger partial charge in [0.05, 0.1) is 25.0 Å². The average Bonchev–Trinajstić information content (AvgIpc) is 3.27. The van der Waals surface area contributed by atoms with E-state index in [-0.39, 0.29) is 5.25 Å². The number of ether oxygens (including phenoxy) is 1. The Balaban J connectivity index is 1.55. The first-order valence-electron chi connectivity index (χ1n) is 11.4. The van der Waals surface area contributed by atoms with E-state index >= 15 is 0 Å². The van der Waals surface area contributed by atoms with Gasteiger partial charge in [0.2, 0.25) is 5.95 Å². The fourth-order valence-electron chi connectivity index (χ4n) is 4.20. The van der Waals surface area contributed by atoms with E-state index < -0.39 is 0 Å². The summed E-state index contributed by atoms with van der Waals surface area (Å²) in [5.41, 5.74) is 5.08. The van der Waals surface area contributed by atoms with Crippen LogP contribution in [0.25, 0.3) is 0 Å². The van der Waals surface area contributed by atoms with Crippen LogP contribution in [-0.2, 0) is 11.3 Å². The minimum Gasteiger partial charge on any atom is -0.378 e. The van der Waals surface area contributed by atoms with E-state index in [0.29, 0.717) is 0 Å². The molecule has 3 aromatic carbocycles. The SMILES string of the molecule is Cc1ccccc1C(Sc1nnc(N2CCOCC2)n1Cc1ccccc1)c1ccccc1. The van der Waals surface area contributed by atoms with Gasteiger partial charge in [-0.05, 0) is 29.2 Å². The van der Waals surface area contributed by atoms with Gasteiger partial charge in [0, 0.05) is 13.1 Å². The molecular formula is C27H28N4OS. The monoisotopic (exact) mass is 456 g/mol. The van der Waals surface area contributed by atoms with Crippen molar-refractivity contribution in [3.63, 3.8) is 0 Å². The van der Waals surface area contributed by atoms with Gasteiger partial charge in [0.1, 0.15) is 0 Å². The predicted octanol–water partition coefficient (Wildman–Crippen LogP) is 5.35. The molecule has 0 bridgehead atoms. The predicted molar refractivity (Wildman–Crippen MR) is 134 cm³/mol. The minimum absolute atomic E-state index is 0.128. The standard InChI is InChI=1S/C27H28N4OS/c1-21-10-8-9-15-24(21)25(23-13-6-3-7-14-23)33-27-29-28-26(30-16-18-32-19-17-30)31(27)20-22-11-4-2-5-12-22/h2-15,25H,16-20H2,1H3. The first-order valence-corrected chi connectivity index (χ1v) is 12.2. The number of hydrogen-bond donors (Lipinski definition) is 0. The number of nitrogens with zero attached hydrogens (tertiary/aromatic N) is 4. The largest absolute Gasteiger partial charge is 0.378 e. The van der Waals surface area contributed by atoms with Crippen LogP contribution in [0, 0.1) is 6.92 Å². The first kappa shape index (κ1) is 21.7. The lowest BCUT2D eigenvalue weighted by Gasteiger charge is -2.28. The maximum absolute atomic E-state index is 5.58.